The highest BCUT2D eigenvalue weighted by Gasteiger charge is 2.15. The van der Waals surface area contributed by atoms with Crippen LogP contribution < -0.4 is 10.1 Å². The smallest absolute Gasteiger partial charge is 0.387 e. The van der Waals surface area contributed by atoms with Gasteiger partial charge in [0.1, 0.15) is 10.6 Å². The number of aryl methyl sites for hydroxylation is 1. The summed E-state index contributed by atoms with van der Waals surface area (Å²) in [4.78, 5) is 36.5. The lowest BCUT2D eigenvalue weighted by Gasteiger charge is -2.07. The normalized spacial score (nSPS) is 10.4. The van der Waals surface area contributed by atoms with E-state index in [4.69, 9.17) is 4.74 Å². The lowest BCUT2D eigenvalue weighted by atomic mass is 10.2. The number of carbonyl (C=O) groups is 3. The number of nitrogens with one attached hydrogen (secondary N) is 1. The third-order valence-electron chi connectivity index (χ3n) is 2.87. The molecule has 0 saturated heterocycles. The van der Waals surface area contributed by atoms with Crippen LogP contribution in [0.1, 0.15) is 24.9 Å². The second-order valence-corrected chi connectivity index (χ2v) is 6.05. The molecule has 0 atom stereocenters. The zero-order chi connectivity index (χ0) is 18.4. The van der Waals surface area contributed by atoms with Gasteiger partial charge in [-0.05, 0) is 43.3 Å². The molecule has 2 rings (SSSR count). The van der Waals surface area contributed by atoms with Crippen LogP contribution in [0.25, 0.3) is 0 Å². The molecular formula is C16H13F2NO5S. The van der Waals surface area contributed by atoms with Gasteiger partial charge in [-0.2, -0.15) is 8.78 Å². The summed E-state index contributed by atoms with van der Waals surface area (Å²) in [6.45, 7) is -1.76. The van der Waals surface area contributed by atoms with E-state index in [1.807, 2.05) is 12.2 Å². The van der Waals surface area contributed by atoms with Gasteiger partial charge in [0.2, 0.25) is 0 Å². The maximum atomic E-state index is 12.0. The first-order valence-electron chi connectivity index (χ1n) is 6.98. The van der Waals surface area contributed by atoms with Crippen molar-refractivity contribution in [3.05, 3.63) is 51.7 Å². The molecule has 0 bridgehead atoms. The van der Waals surface area contributed by atoms with Gasteiger partial charge in [0.25, 0.3) is 11.8 Å². The Morgan fingerprint density at radius 3 is 2.36 bits per heavy atom. The molecular weight excluding hydrogens is 356 g/mol. The second kappa shape index (κ2) is 8.34. The predicted octanol–water partition coefficient (Wildman–Crippen LogP) is 2.77. The van der Waals surface area contributed by atoms with Gasteiger partial charge in [0.15, 0.2) is 6.61 Å². The van der Waals surface area contributed by atoms with E-state index in [-0.39, 0.29) is 11.3 Å². The van der Waals surface area contributed by atoms with Crippen molar-refractivity contribution < 1.29 is 32.6 Å². The molecule has 0 spiro atoms. The monoisotopic (exact) mass is 369 g/mol. The topological polar surface area (TPSA) is 81.7 Å². The highest BCUT2D eigenvalue weighted by molar-refractivity contribution is 7.13. The average Bonchev–Trinajstić information content (AvgIpc) is 2.99. The number of ether oxygens (including phenoxy) is 2. The van der Waals surface area contributed by atoms with E-state index in [0.717, 1.165) is 4.88 Å². The van der Waals surface area contributed by atoms with Crippen molar-refractivity contribution in [2.24, 2.45) is 0 Å². The van der Waals surface area contributed by atoms with Gasteiger partial charge in [-0.3, -0.25) is 14.9 Å². The minimum absolute atomic E-state index is 0.0650. The number of carbonyl (C=O) groups excluding carboxylic acids is 3. The quantitative estimate of drug-likeness (QED) is 0.792. The molecule has 0 fully saturated rings. The SMILES string of the molecule is Cc1ccc(C(=O)OCC(=O)NC(=O)c2ccc(OC(F)F)cc2)s1. The Balaban J connectivity index is 1.83. The average molecular weight is 369 g/mol. The summed E-state index contributed by atoms with van der Waals surface area (Å²) in [6, 6.07) is 8.11. The van der Waals surface area contributed by atoms with Gasteiger partial charge >= 0.3 is 12.6 Å². The van der Waals surface area contributed by atoms with E-state index in [1.165, 1.54) is 35.6 Å². The number of hydrogen-bond donors (Lipinski definition) is 1. The van der Waals surface area contributed by atoms with Crippen LogP contribution in [0.4, 0.5) is 8.78 Å². The molecule has 0 saturated carbocycles. The summed E-state index contributed by atoms with van der Waals surface area (Å²) in [6.07, 6.45) is 0. The van der Waals surface area contributed by atoms with Crippen LogP contribution in [-0.2, 0) is 9.53 Å². The molecule has 1 aromatic carbocycles. The van der Waals surface area contributed by atoms with Crippen molar-refractivity contribution in [3.63, 3.8) is 0 Å². The van der Waals surface area contributed by atoms with Crippen molar-refractivity contribution in [1.82, 2.24) is 5.32 Å². The van der Waals surface area contributed by atoms with Crippen LogP contribution >= 0.6 is 11.3 Å². The fraction of sp³-hybridized carbons (Fsp3) is 0.188. The van der Waals surface area contributed by atoms with Crippen molar-refractivity contribution in [3.8, 4) is 5.75 Å². The summed E-state index contributed by atoms with van der Waals surface area (Å²) in [5.74, 6) is -2.33. The number of imide groups is 1. The molecule has 0 radical (unpaired) electrons. The highest BCUT2D eigenvalue weighted by Crippen LogP contribution is 2.16. The van der Waals surface area contributed by atoms with E-state index < -0.39 is 31.0 Å². The minimum Gasteiger partial charge on any atom is -0.451 e. The molecule has 0 aliphatic heterocycles. The number of rotatable bonds is 6. The first-order valence-corrected chi connectivity index (χ1v) is 7.79. The molecule has 1 heterocycles. The molecule has 1 N–H and O–H groups in total. The largest absolute Gasteiger partial charge is 0.451 e. The van der Waals surface area contributed by atoms with Crippen molar-refractivity contribution >= 4 is 29.1 Å². The maximum absolute atomic E-state index is 12.0. The second-order valence-electron chi connectivity index (χ2n) is 4.77. The summed E-state index contributed by atoms with van der Waals surface area (Å²) in [7, 11) is 0. The van der Waals surface area contributed by atoms with Crippen LogP contribution in [0.15, 0.2) is 36.4 Å². The van der Waals surface area contributed by atoms with Crippen LogP contribution in [0.2, 0.25) is 0 Å². The van der Waals surface area contributed by atoms with Gasteiger partial charge < -0.3 is 9.47 Å². The molecule has 25 heavy (non-hydrogen) atoms. The maximum Gasteiger partial charge on any atom is 0.387 e. The van der Waals surface area contributed by atoms with Crippen molar-refractivity contribution in [2.75, 3.05) is 6.61 Å². The van der Waals surface area contributed by atoms with Gasteiger partial charge in [0, 0.05) is 10.4 Å². The Kier molecular flexibility index (Phi) is 6.18. The third kappa shape index (κ3) is 5.64. The van der Waals surface area contributed by atoms with Gasteiger partial charge in [-0.15, -0.1) is 11.3 Å². The van der Waals surface area contributed by atoms with Crippen LogP contribution in [-0.4, -0.2) is 31.0 Å². The Bertz CT molecular complexity index is 773. The number of alkyl halides is 2. The molecule has 0 aliphatic rings. The standard InChI is InChI=1S/C16H13F2NO5S/c1-9-2-7-12(25-9)15(22)23-8-13(20)19-14(21)10-3-5-11(6-4-10)24-16(17)18/h2-7,16H,8H2,1H3,(H,19,20,21). The Morgan fingerprint density at radius 1 is 1.12 bits per heavy atom. The molecule has 2 amide bonds. The summed E-state index contributed by atoms with van der Waals surface area (Å²) >= 11 is 1.23. The molecule has 132 valence electrons. The first-order chi connectivity index (χ1) is 11.8. The van der Waals surface area contributed by atoms with E-state index in [2.05, 4.69) is 4.74 Å². The van der Waals surface area contributed by atoms with E-state index in [9.17, 15) is 23.2 Å². The van der Waals surface area contributed by atoms with E-state index >= 15 is 0 Å². The number of thiophene rings is 1. The van der Waals surface area contributed by atoms with Gasteiger partial charge in [-0.25, -0.2) is 4.79 Å². The van der Waals surface area contributed by atoms with Crippen LogP contribution in [0.5, 0.6) is 5.75 Å². The Labute approximate surface area is 145 Å². The number of benzene rings is 1. The fourth-order valence-corrected chi connectivity index (χ4v) is 2.53. The number of amides is 2. The van der Waals surface area contributed by atoms with E-state index in [0.29, 0.717) is 4.88 Å². The molecule has 0 aliphatic carbocycles. The predicted molar refractivity (Wildman–Crippen MR) is 84.9 cm³/mol. The van der Waals surface area contributed by atoms with Gasteiger partial charge in [-0.1, -0.05) is 0 Å². The Hall–Kier alpha value is -2.81. The van der Waals surface area contributed by atoms with Gasteiger partial charge in [0.05, 0.1) is 0 Å². The summed E-state index contributed by atoms with van der Waals surface area (Å²) in [5, 5.41) is 2.03. The molecule has 1 aromatic heterocycles. The summed E-state index contributed by atoms with van der Waals surface area (Å²) < 4.78 is 33.0. The van der Waals surface area contributed by atoms with Crippen LogP contribution in [0, 0.1) is 6.92 Å². The molecule has 6 nitrogen and oxygen atoms in total. The molecule has 0 unspecified atom stereocenters. The third-order valence-corrected chi connectivity index (χ3v) is 3.85. The molecule has 9 heteroatoms. The number of halogens is 2. The van der Waals surface area contributed by atoms with Crippen LogP contribution in [0.3, 0.4) is 0 Å². The lowest BCUT2D eigenvalue weighted by molar-refractivity contribution is -0.123. The lowest BCUT2D eigenvalue weighted by Crippen LogP contribution is -2.34. The Morgan fingerprint density at radius 2 is 1.80 bits per heavy atom. The number of hydrogen-bond acceptors (Lipinski definition) is 6. The fourth-order valence-electron chi connectivity index (χ4n) is 1.77. The zero-order valence-electron chi connectivity index (χ0n) is 13.0. The van der Waals surface area contributed by atoms with E-state index in [1.54, 1.807) is 12.1 Å². The highest BCUT2D eigenvalue weighted by atomic mass is 32.1. The zero-order valence-corrected chi connectivity index (χ0v) is 13.8. The van der Waals surface area contributed by atoms with Crippen molar-refractivity contribution in [2.45, 2.75) is 13.5 Å². The number of esters is 1. The molecule has 2 aromatic rings. The van der Waals surface area contributed by atoms with Crippen molar-refractivity contribution in [1.29, 1.82) is 0 Å². The minimum atomic E-state index is -2.97. The summed E-state index contributed by atoms with van der Waals surface area (Å²) in [5.41, 5.74) is 0.0650. The first kappa shape index (κ1) is 18.5.